The number of alkyl halides is 1. The molecule has 114 valence electrons. The summed E-state index contributed by atoms with van der Waals surface area (Å²) in [5.74, 6) is 0.685. The molecule has 0 unspecified atom stereocenters. The predicted molar refractivity (Wildman–Crippen MR) is 80.0 cm³/mol. The Morgan fingerprint density at radius 2 is 2.09 bits per heavy atom. The lowest BCUT2D eigenvalue weighted by atomic mass is 10.1. The van der Waals surface area contributed by atoms with E-state index in [9.17, 15) is 4.39 Å². The largest absolute Gasteiger partial charge is 0.332 e. The van der Waals surface area contributed by atoms with Gasteiger partial charge in [0.2, 0.25) is 5.82 Å². The van der Waals surface area contributed by atoms with Crippen molar-refractivity contribution in [2.45, 2.75) is 6.54 Å². The molecule has 0 atom stereocenters. The van der Waals surface area contributed by atoms with Gasteiger partial charge < -0.3 is 4.52 Å². The van der Waals surface area contributed by atoms with Crippen LogP contribution < -0.4 is 0 Å². The molecule has 0 aromatic carbocycles. The summed E-state index contributed by atoms with van der Waals surface area (Å²) in [7, 11) is 0. The van der Waals surface area contributed by atoms with Crippen molar-refractivity contribution in [2.75, 3.05) is 6.67 Å². The van der Waals surface area contributed by atoms with Crippen LogP contribution in [-0.2, 0) is 6.54 Å². The lowest BCUT2D eigenvalue weighted by molar-refractivity contribution is 0.427. The first kappa shape index (κ1) is 13.5. The van der Waals surface area contributed by atoms with E-state index >= 15 is 0 Å². The van der Waals surface area contributed by atoms with Crippen LogP contribution in [0.5, 0.6) is 0 Å². The first-order valence-corrected chi connectivity index (χ1v) is 6.97. The number of fused-ring (bicyclic) bond motifs is 1. The molecule has 0 spiro atoms. The molecule has 0 saturated heterocycles. The molecule has 23 heavy (non-hydrogen) atoms. The Balaban J connectivity index is 1.74. The van der Waals surface area contributed by atoms with Crippen LogP contribution in [0.1, 0.15) is 0 Å². The Kier molecular flexibility index (Phi) is 3.26. The Morgan fingerprint density at radius 3 is 3.00 bits per heavy atom. The highest BCUT2D eigenvalue weighted by atomic mass is 19.1. The third kappa shape index (κ3) is 2.44. The van der Waals surface area contributed by atoms with E-state index in [4.69, 9.17) is 4.52 Å². The van der Waals surface area contributed by atoms with Crippen molar-refractivity contribution >= 4 is 10.8 Å². The second kappa shape index (κ2) is 5.56. The van der Waals surface area contributed by atoms with E-state index in [-0.39, 0.29) is 6.54 Å². The van der Waals surface area contributed by atoms with Gasteiger partial charge in [-0.3, -0.25) is 14.6 Å². The smallest absolute Gasteiger partial charge is 0.277 e. The molecule has 7 nitrogen and oxygen atoms in total. The minimum atomic E-state index is -0.481. The second-order valence-corrected chi connectivity index (χ2v) is 4.86. The summed E-state index contributed by atoms with van der Waals surface area (Å²) in [4.78, 5) is 12.8. The fourth-order valence-corrected chi connectivity index (χ4v) is 2.31. The Morgan fingerprint density at radius 1 is 1.17 bits per heavy atom. The number of pyridine rings is 2. The van der Waals surface area contributed by atoms with Gasteiger partial charge in [0, 0.05) is 30.2 Å². The van der Waals surface area contributed by atoms with Crippen LogP contribution in [0.4, 0.5) is 4.39 Å². The van der Waals surface area contributed by atoms with Gasteiger partial charge in [-0.25, -0.2) is 4.39 Å². The molecule has 4 aromatic rings. The molecule has 8 heteroatoms. The monoisotopic (exact) mass is 310 g/mol. The van der Waals surface area contributed by atoms with Crippen molar-refractivity contribution < 1.29 is 8.91 Å². The van der Waals surface area contributed by atoms with E-state index < -0.39 is 6.67 Å². The zero-order chi connectivity index (χ0) is 15.6. The maximum atomic E-state index is 12.3. The summed E-state index contributed by atoms with van der Waals surface area (Å²) >= 11 is 0. The molecule has 0 bridgehead atoms. The van der Waals surface area contributed by atoms with Gasteiger partial charge in [0.15, 0.2) is 0 Å². The first-order valence-electron chi connectivity index (χ1n) is 6.97. The first-order chi connectivity index (χ1) is 11.3. The van der Waals surface area contributed by atoms with E-state index in [1.54, 1.807) is 31.0 Å². The molecular formula is C15H11FN6O. The summed E-state index contributed by atoms with van der Waals surface area (Å²) in [6.07, 6.45) is 8.35. The van der Waals surface area contributed by atoms with Crippen LogP contribution in [0.2, 0.25) is 0 Å². The quantitative estimate of drug-likeness (QED) is 0.576. The minimum absolute atomic E-state index is 0.196. The zero-order valence-electron chi connectivity index (χ0n) is 11.9. The average Bonchev–Trinajstić information content (AvgIpc) is 3.24. The molecule has 0 aliphatic carbocycles. The predicted octanol–water partition coefficient (Wildman–Crippen LogP) is 2.51. The number of halogens is 1. The number of hydrogen-bond acceptors (Lipinski definition) is 6. The Labute approximate surface area is 129 Å². The minimum Gasteiger partial charge on any atom is -0.332 e. The maximum Gasteiger partial charge on any atom is 0.277 e. The van der Waals surface area contributed by atoms with Gasteiger partial charge in [-0.05, 0) is 17.5 Å². The van der Waals surface area contributed by atoms with Gasteiger partial charge in [0.05, 0.1) is 18.3 Å². The number of rotatable bonds is 4. The highest BCUT2D eigenvalue weighted by Crippen LogP contribution is 2.26. The van der Waals surface area contributed by atoms with Crippen LogP contribution in [0.25, 0.3) is 33.7 Å². The van der Waals surface area contributed by atoms with Crippen molar-refractivity contribution in [1.82, 2.24) is 29.9 Å². The average molecular weight is 310 g/mol. The molecule has 0 radical (unpaired) electrons. The van der Waals surface area contributed by atoms with Crippen molar-refractivity contribution in [3.8, 4) is 23.0 Å². The summed E-state index contributed by atoms with van der Waals surface area (Å²) in [6, 6.07) is 3.78. The second-order valence-electron chi connectivity index (χ2n) is 4.86. The molecule has 4 rings (SSSR count). The summed E-state index contributed by atoms with van der Waals surface area (Å²) in [5.41, 5.74) is 1.23. The van der Waals surface area contributed by atoms with Gasteiger partial charge in [0.1, 0.15) is 12.4 Å². The fourth-order valence-electron chi connectivity index (χ4n) is 2.31. The standard InChI is InChI=1S/C15H11FN6O/c16-3-6-22-9-11(7-19-22)14-20-15(23-21-14)13-12-8-17-4-1-10(12)2-5-18-13/h1-2,4-5,7-9H,3,6H2. The van der Waals surface area contributed by atoms with Crippen molar-refractivity contribution in [2.24, 2.45) is 0 Å². The summed E-state index contributed by atoms with van der Waals surface area (Å²) in [6.45, 7) is -0.285. The van der Waals surface area contributed by atoms with Crippen molar-refractivity contribution in [1.29, 1.82) is 0 Å². The van der Waals surface area contributed by atoms with Gasteiger partial charge in [-0.15, -0.1) is 0 Å². The van der Waals surface area contributed by atoms with E-state index in [1.165, 1.54) is 4.68 Å². The third-order valence-corrected chi connectivity index (χ3v) is 3.40. The zero-order valence-corrected chi connectivity index (χ0v) is 11.9. The SMILES string of the molecule is FCCn1cc(-c2noc(-c3nccc4ccncc34)n2)cn1. The molecule has 4 heterocycles. The Hall–Kier alpha value is -3.16. The number of hydrogen-bond donors (Lipinski definition) is 0. The summed E-state index contributed by atoms with van der Waals surface area (Å²) < 4.78 is 19.2. The van der Waals surface area contributed by atoms with Gasteiger partial charge in [-0.2, -0.15) is 10.1 Å². The van der Waals surface area contributed by atoms with Crippen LogP contribution in [0, 0.1) is 0 Å². The lowest BCUT2D eigenvalue weighted by Crippen LogP contribution is -1.98. The molecule has 4 aromatic heterocycles. The molecule has 0 saturated carbocycles. The molecule has 0 aliphatic heterocycles. The number of aromatic nitrogens is 6. The van der Waals surface area contributed by atoms with Gasteiger partial charge in [-0.1, -0.05) is 5.16 Å². The normalized spacial score (nSPS) is 11.2. The number of nitrogens with zero attached hydrogens (tertiary/aromatic N) is 6. The topological polar surface area (TPSA) is 82.5 Å². The highest BCUT2D eigenvalue weighted by Gasteiger charge is 2.15. The van der Waals surface area contributed by atoms with E-state index in [2.05, 4.69) is 25.2 Å². The van der Waals surface area contributed by atoms with Crippen molar-refractivity contribution in [3.05, 3.63) is 43.1 Å². The lowest BCUT2D eigenvalue weighted by Gasteiger charge is -1.99. The van der Waals surface area contributed by atoms with Crippen molar-refractivity contribution in [3.63, 3.8) is 0 Å². The molecule has 0 aliphatic rings. The molecule has 0 amide bonds. The molecule has 0 N–H and O–H groups in total. The van der Waals surface area contributed by atoms with E-state index in [1.807, 2.05) is 12.1 Å². The van der Waals surface area contributed by atoms with Crippen LogP contribution >= 0.6 is 0 Å². The number of aryl methyl sites for hydroxylation is 1. The highest BCUT2D eigenvalue weighted by molar-refractivity contribution is 5.91. The van der Waals surface area contributed by atoms with Gasteiger partial charge in [0.25, 0.3) is 5.89 Å². The van der Waals surface area contributed by atoms with E-state index in [0.29, 0.717) is 23.0 Å². The maximum absolute atomic E-state index is 12.3. The van der Waals surface area contributed by atoms with Crippen LogP contribution in [-0.4, -0.2) is 36.6 Å². The van der Waals surface area contributed by atoms with E-state index in [0.717, 1.165) is 10.8 Å². The third-order valence-electron chi connectivity index (χ3n) is 3.40. The summed E-state index contributed by atoms with van der Waals surface area (Å²) in [5, 5.41) is 9.81. The molecule has 0 fully saturated rings. The fraction of sp³-hybridized carbons (Fsp3) is 0.133. The Bertz CT molecular complexity index is 958. The van der Waals surface area contributed by atoms with Crippen LogP contribution in [0.3, 0.4) is 0 Å². The van der Waals surface area contributed by atoms with Crippen LogP contribution in [0.15, 0.2) is 47.6 Å². The molecular weight excluding hydrogens is 299 g/mol. The van der Waals surface area contributed by atoms with Gasteiger partial charge >= 0.3 is 0 Å².